The zero-order chi connectivity index (χ0) is 23.6. The molecule has 2 unspecified atom stereocenters. The van der Waals surface area contributed by atoms with Gasteiger partial charge >= 0.3 is 0 Å². The van der Waals surface area contributed by atoms with Gasteiger partial charge in [0.2, 0.25) is 21.8 Å². The maximum absolute atomic E-state index is 13.4. The first kappa shape index (κ1) is 23.5. The molecule has 32 heavy (non-hydrogen) atoms. The molecule has 9 heteroatoms. The Bertz CT molecular complexity index is 1050. The number of hydrogen-bond acceptors (Lipinski definition) is 4. The van der Waals surface area contributed by atoms with E-state index in [1.165, 1.54) is 19.2 Å². The molecule has 2 amide bonds. The van der Waals surface area contributed by atoms with E-state index in [4.69, 9.17) is 17.3 Å². The highest BCUT2D eigenvalue weighted by Crippen LogP contribution is 2.60. The van der Waals surface area contributed by atoms with Crippen molar-refractivity contribution < 1.29 is 18.0 Å². The first-order valence-electron chi connectivity index (χ1n) is 11.1. The third kappa shape index (κ3) is 3.64. The van der Waals surface area contributed by atoms with Crippen molar-refractivity contribution >= 4 is 33.4 Å². The van der Waals surface area contributed by atoms with Gasteiger partial charge in [0.05, 0.1) is 4.90 Å². The van der Waals surface area contributed by atoms with Gasteiger partial charge in [-0.15, -0.1) is 0 Å². The molecule has 1 aromatic carbocycles. The Morgan fingerprint density at radius 1 is 1.19 bits per heavy atom. The number of aryl methyl sites for hydroxylation is 1. The number of primary amides is 1. The van der Waals surface area contributed by atoms with Crippen LogP contribution in [-0.2, 0) is 19.6 Å². The second-order valence-corrected chi connectivity index (χ2v) is 12.9. The standard InChI is InChI=1S/C23H32ClN3O4S/c1-13-5-6-17(9-18(13)24)32(30,31)27(4)22(2,3)21(29)26-19-15-7-14-8-16(19)12-23(10-14,11-15)20(25)28/h5-6,9,14-16,19H,7-8,10-12H2,1-4H3,(H2,25,28)(H,26,29). The van der Waals surface area contributed by atoms with Crippen molar-refractivity contribution in [1.82, 2.24) is 9.62 Å². The number of carbonyl (C=O) groups excluding carboxylic acids is 2. The summed E-state index contributed by atoms with van der Waals surface area (Å²) in [6, 6.07) is 4.51. The molecule has 2 atom stereocenters. The SMILES string of the molecule is Cc1ccc(S(=O)(=O)N(C)C(C)(C)C(=O)NC2C3CC4CC2CC(C(N)=O)(C4)C3)cc1Cl. The maximum Gasteiger partial charge on any atom is 0.243 e. The third-order valence-electron chi connectivity index (χ3n) is 8.24. The fraction of sp³-hybridized carbons (Fsp3) is 0.652. The highest BCUT2D eigenvalue weighted by atomic mass is 35.5. The van der Waals surface area contributed by atoms with Crippen LogP contribution < -0.4 is 11.1 Å². The summed E-state index contributed by atoms with van der Waals surface area (Å²) in [6.07, 6.45) is 4.23. The molecule has 0 spiro atoms. The predicted octanol–water partition coefficient (Wildman–Crippen LogP) is 2.84. The summed E-state index contributed by atoms with van der Waals surface area (Å²) in [7, 11) is -2.52. The van der Waals surface area contributed by atoms with Crippen molar-refractivity contribution in [3.63, 3.8) is 0 Å². The topological polar surface area (TPSA) is 110 Å². The van der Waals surface area contributed by atoms with E-state index in [0.717, 1.165) is 29.1 Å². The van der Waals surface area contributed by atoms with E-state index in [1.807, 2.05) is 0 Å². The van der Waals surface area contributed by atoms with Gasteiger partial charge in [-0.1, -0.05) is 17.7 Å². The number of nitrogens with zero attached hydrogens (tertiary/aromatic N) is 1. The quantitative estimate of drug-likeness (QED) is 0.650. The smallest absolute Gasteiger partial charge is 0.243 e. The van der Waals surface area contributed by atoms with Gasteiger partial charge in [-0.2, -0.15) is 4.31 Å². The van der Waals surface area contributed by atoms with Crippen molar-refractivity contribution in [1.29, 1.82) is 0 Å². The Kier molecular flexibility index (Phi) is 5.66. The van der Waals surface area contributed by atoms with E-state index in [1.54, 1.807) is 26.8 Å². The molecule has 5 rings (SSSR count). The minimum atomic E-state index is -3.94. The number of likely N-dealkylation sites (N-methyl/N-ethyl adjacent to an activating group) is 1. The van der Waals surface area contributed by atoms with E-state index in [2.05, 4.69) is 5.32 Å². The number of halogens is 1. The fourth-order valence-corrected chi connectivity index (χ4v) is 7.98. The molecule has 0 aliphatic heterocycles. The number of nitrogens with one attached hydrogen (secondary N) is 1. The molecule has 0 aromatic heterocycles. The van der Waals surface area contributed by atoms with Gasteiger partial charge < -0.3 is 11.1 Å². The predicted molar refractivity (Wildman–Crippen MR) is 122 cm³/mol. The van der Waals surface area contributed by atoms with Crippen molar-refractivity contribution in [2.75, 3.05) is 7.05 Å². The third-order valence-corrected chi connectivity index (χ3v) is 10.7. The Morgan fingerprint density at radius 2 is 1.78 bits per heavy atom. The van der Waals surface area contributed by atoms with E-state index in [-0.39, 0.29) is 34.6 Å². The van der Waals surface area contributed by atoms with Crippen LogP contribution in [0.25, 0.3) is 0 Å². The second-order valence-electron chi connectivity index (χ2n) is 10.6. The molecule has 0 heterocycles. The van der Waals surface area contributed by atoms with Crippen LogP contribution in [-0.4, -0.2) is 43.2 Å². The largest absolute Gasteiger partial charge is 0.369 e. The average Bonchev–Trinajstić information content (AvgIpc) is 2.71. The van der Waals surface area contributed by atoms with Crippen LogP contribution in [0.15, 0.2) is 23.1 Å². The lowest BCUT2D eigenvalue weighted by Gasteiger charge is -2.59. The van der Waals surface area contributed by atoms with E-state index < -0.39 is 21.0 Å². The summed E-state index contributed by atoms with van der Waals surface area (Å²) in [6.45, 7) is 5.01. The average molecular weight is 482 g/mol. The van der Waals surface area contributed by atoms with Crippen LogP contribution in [0, 0.1) is 30.1 Å². The second kappa shape index (κ2) is 7.71. The number of nitrogens with two attached hydrogens (primary N) is 1. The summed E-state index contributed by atoms with van der Waals surface area (Å²) in [5, 5.41) is 3.52. The molecule has 4 saturated carbocycles. The van der Waals surface area contributed by atoms with E-state index in [9.17, 15) is 18.0 Å². The van der Waals surface area contributed by atoms with Gasteiger partial charge in [-0.05, 0) is 88.3 Å². The van der Waals surface area contributed by atoms with Gasteiger partial charge in [0.1, 0.15) is 5.54 Å². The van der Waals surface area contributed by atoms with Crippen LogP contribution in [0.1, 0.15) is 51.5 Å². The van der Waals surface area contributed by atoms with Crippen molar-refractivity contribution in [3.8, 4) is 0 Å². The number of rotatable bonds is 6. The van der Waals surface area contributed by atoms with Crippen molar-refractivity contribution in [2.45, 2.75) is 69.4 Å². The normalized spacial score (nSPS) is 31.7. The van der Waals surface area contributed by atoms with Crippen LogP contribution in [0.4, 0.5) is 0 Å². The lowest BCUT2D eigenvalue weighted by Crippen LogP contribution is -2.65. The molecule has 0 radical (unpaired) electrons. The Hall–Kier alpha value is -1.64. The Balaban J connectivity index is 1.53. The maximum atomic E-state index is 13.4. The van der Waals surface area contributed by atoms with Crippen LogP contribution in [0.2, 0.25) is 5.02 Å². The summed E-state index contributed by atoms with van der Waals surface area (Å²) < 4.78 is 27.6. The number of sulfonamides is 1. The molecule has 7 nitrogen and oxygen atoms in total. The van der Waals surface area contributed by atoms with Gasteiger partial charge in [0.15, 0.2) is 0 Å². The lowest BCUT2D eigenvalue weighted by atomic mass is 9.47. The summed E-state index contributed by atoms with van der Waals surface area (Å²) in [5.41, 5.74) is 4.79. The number of carbonyl (C=O) groups is 2. The van der Waals surface area contributed by atoms with Crippen LogP contribution in [0.5, 0.6) is 0 Å². The molecule has 4 fully saturated rings. The lowest BCUT2D eigenvalue weighted by molar-refractivity contribution is -0.148. The molecule has 3 N–H and O–H groups in total. The van der Waals surface area contributed by atoms with Crippen LogP contribution in [0.3, 0.4) is 0 Å². The molecule has 4 aliphatic carbocycles. The fourth-order valence-electron chi connectivity index (χ4n) is 6.23. The Labute approximate surface area is 195 Å². The number of amides is 2. The first-order chi connectivity index (χ1) is 14.8. The van der Waals surface area contributed by atoms with E-state index in [0.29, 0.717) is 23.8 Å². The number of hydrogen-bond donors (Lipinski definition) is 2. The van der Waals surface area contributed by atoms with E-state index >= 15 is 0 Å². The molecule has 1 aromatic rings. The molecule has 176 valence electrons. The first-order valence-corrected chi connectivity index (χ1v) is 13.0. The molecule has 4 bridgehead atoms. The minimum absolute atomic E-state index is 0.0505. The molecule has 0 saturated heterocycles. The number of benzene rings is 1. The summed E-state index contributed by atoms with van der Waals surface area (Å²) in [4.78, 5) is 25.6. The minimum Gasteiger partial charge on any atom is -0.369 e. The Morgan fingerprint density at radius 3 is 2.31 bits per heavy atom. The van der Waals surface area contributed by atoms with Gasteiger partial charge in [0.25, 0.3) is 0 Å². The molecular formula is C23H32ClN3O4S. The van der Waals surface area contributed by atoms with Crippen molar-refractivity contribution in [3.05, 3.63) is 28.8 Å². The van der Waals surface area contributed by atoms with Gasteiger partial charge in [-0.25, -0.2) is 8.42 Å². The monoisotopic (exact) mass is 481 g/mol. The highest BCUT2D eigenvalue weighted by Gasteiger charge is 2.58. The van der Waals surface area contributed by atoms with Crippen LogP contribution >= 0.6 is 11.6 Å². The molecular weight excluding hydrogens is 450 g/mol. The summed E-state index contributed by atoms with van der Waals surface area (Å²) >= 11 is 6.14. The van der Waals surface area contributed by atoms with Gasteiger partial charge in [0, 0.05) is 23.5 Å². The zero-order valence-electron chi connectivity index (χ0n) is 19.0. The molecule has 4 aliphatic rings. The summed E-state index contributed by atoms with van der Waals surface area (Å²) in [5.74, 6) is 0.324. The highest BCUT2D eigenvalue weighted by molar-refractivity contribution is 7.89. The van der Waals surface area contributed by atoms with Crippen molar-refractivity contribution in [2.24, 2.45) is 28.9 Å². The van der Waals surface area contributed by atoms with Gasteiger partial charge in [-0.3, -0.25) is 9.59 Å². The zero-order valence-corrected chi connectivity index (χ0v) is 20.6.